The fourth-order valence-electron chi connectivity index (χ4n) is 3.44. The van der Waals surface area contributed by atoms with Crippen molar-refractivity contribution in [3.8, 4) is 0 Å². The lowest BCUT2D eigenvalue weighted by Crippen LogP contribution is -2.49. The highest BCUT2D eigenvalue weighted by Crippen LogP contribution is 2.41. The van der Waals surface area contributed by atoms with Gasteiger partial charge in [-0.3, -0.25) is 4.79 Å². The minimum atomic E-state index is 0.0277. The summed E-state index contributed by atoms with van der Waals surface area (Å²) >= 11 is 0. The van der Waals surface area contributed by atoms with Crippen LogP contribution in [0.2, 0.25) is 0 Å². The Labute approximate surface area is 117 Å². The van der Waals surface area contributed by atoms with Gasteiger partial charge in [0.2, 0.25) is 5.91 Å². The number of nitrogens with two attached hydrogens (primary N) is 1. The summed E-state index contributed by atoms with van der Waals surface area (Å²) < 4.78 is 0. The molecule has 4 rings (SSSR count). The fraction of sp³-hybridized carbons (Fsp3) is 0.438. The number of carbonyl (C=O) groups excluding carboxylic acids is 1. The maximum absolute atomic E-state index is 12.3. The zero-order chi connectivity index (χ0) is 13.7. The van der Waals surface area contributed by atoms with Crippen molar-refractivity contribution >= 4 is 16.8 Å². The number of para-hydroxylation sites is 1. The van der Waals surface area contributed by atoms with E-state index in [1.165, 1.54) is 10.9 Å². The van der Waals surface area contributed by atoms with Gasteiger partial charge in [0.05, 0.1) is 6.04 Å². The zero-order valence-corrected chi connectivity index (χ0v) is 11.4. The first-order valence-electron chi connectivity index (χ1n) is 7.38. The van der Waals surface area contributed by atoms with Crippen molar-refractivity contribution in [1.82, 2.24) is 9.88 Å². The Morgan fingerprint density at radius 1 is 1.20 bits per heavy atom. The first kappa shape index (κ1) is 12.0. The molecule has 1 saturated carbocycles. The van der Waals surface area contributed by atoms with Gasteiger partial charge < -0.3 is 15.6 Å². The van der Waals surface area contributed by atoms with Gasteiger partial charge in [-0.25, -0.2) is 0 Å². The minimum absolute atomic E-state index is 0.0277. The van der Waals surface area contributed by atoms with E-state index in [0.29, 0.717) is 12.5 Å². The molecule has 1 saturated heterocycles. The second kappa shape index (κ2) is 4.35. The number of likely N-dealkylation sites (tertiary alicyclic amines) is 1. The lowest BCUT2D eigenvalue weighted by Gasteiger charge is -2.40. The molecule has 2 unspecified atom stereocenters. The number of H-pyrrole nitrogens is 1. The number of hydrogen-bond acceptors (Lipinski definition) is 2. The number of fused-ring (bicyclic) bond motifs is 1. The quantitative estimate of drug-likeness (QED) is 0.879. The molecule has 4 heteroatoms. The van der Waals surface area contributed by atoms with E-state index in [1.807, 2.05) is 18.3 Å². The molecule has 1 aliphatic carbocycles. The highest BCUT2D eigenvalue weighted by atomic mass is 16.2. The minimum Gasteiger partial charge on any atom is -0.361 e. The van der Waals surface area contributed by atoms with E-state index in [-0.39, 0.29) is 18.0 Å². The molecule has 4 nitrogen and oxygen atoms in total. The average molecular weight is 269 g/mol. The van der Waals surface area contributed by atoms with E-state index in [9.17, 15) is 4.79 Å². The number of aromatic nitrogens is 1. The first-order chi connectivity index (χ1) is 9.75. The number of amides is 1. The summed E-state index contributed by atoms with van der Waals surface area (Å²) in [5.74, 6) is 0.268. The van der Waals surface area contributed by atoms with E-state index in [4.69, 9.17) is 5.73 Å². The highest BCUT2D eigenvalue weighted by Gasteiger charge is 2.43. The van der Waals surface area contributed by atoms with Crippen molar-refractivity contribution in [3.63, 3.8) is 0 Å². The number of hydrogen-bond donors (Lipinski definition) is 2. The highest BCUT2D eigenvalue weighted by molar-refractivity contribution is 5.85. The van der Waals surface area contributed by atoms with E-state index in [2.05, 4.69) is 22.0 Å². The van der Waals surface area contributed by atoms with E-state index in [1.54, 1.807) is 0 Å². The third-order valence-electron chi connectivity index (χ3n) is 4.56. The van der Waals surface area contributed by atoms with Crippen LogP contribution in [0.1, 0.15) is 37.3 Å². The molecule has 2 aliphatic rings. The third kappa shape index (κ3) is 1.75. The Morgan fingerprint density at radius 3 is 2.80 bits per heavy atom. The number of nitrogens with zero attached hydrogens (tertiary/aromatic N) is 1. The molecule has 3 N–H and O–H groups in total. The topological polar surface area (TPSA) is 62.1 Å². The largest absolute Gasteiger partial charge is 0.361 e. The summed E-state index contributed by atoms with van der Waals surface area (Å²) in [6.45, 7) is 0. The molecule has 1 aliphatic heterocycles. The standard InChI is InChI=1S/C16H19N3O/c17-13-7-8-15(20)19(10-5-6-10)16(13)12-9-18-14-4-2-1-3-11(12)14/h1-4,9-10,13,16,18H,5-8,17H2. The van der Waals surface area contributed by atoms with Crippen molar-refractivity contribution in [2.45, 2.75) is 43.8 Å². The van der Waals surface area contributed by atoms with Gasteiger partial charge in [0, 0.05) is 41.2 Å². The second-order valence-electron chi connectivity index (χ2n) is 5.97. The van der Waals surface area contributed by atoms with Crippen LogP contribution in [0.5, 0.6) is 0 Å². The Balaban J connectivity index is 1.82. The Bertz CT molecular complexity index is 659. The Morgan fingerprint density at radius 2 is 2.00 bits per heavy atom. The molecule has 2 aromatic rings. The van der Waals surface area contributed by atoms with Gasteiger partial charge in [0.1, 0.15) is 0 Å². The number of nitrogens with one attached hydrogen (secondary N) is 1. The van der Waals surface area contributed by atoms with Crippen LogP contribution in [0.25, 0.3) is 10.9 Å². The van der Waals surface area contributed by atoms with Gasteiger partial charge in [-0.2, -0.15) is 0 Å². The van der Waals surface area contributed by atoms with Crippen LogP contribution in [0, 0.1) is 0 Å². The van der Waals surface area contributed by atoms with Gasteiger partial charge >= 0.3 is 0 Å². The van der Waals surface area contributed by atoms with Crippen LogP contribution in [-0.2, 0) is 4.79 Å². The van der Waals surface area contributed by atoms with Gasteiger partial charge in [-0.15, -0.1) is 0 Å². The van der Waals surface area contributed by atoms with Crippen LogP contribution in [0.4, 0.5) is 0 Å². The number of rotatable bonds is 2. The molecule has 1 aromatic carbocycles. The molecule has 104 valence electrons. The molecule has 0 bridgehead atoms. The number of aromatic amines is 1. The molecular formula is C16H19N3O. The van der Waals surface area contributed by atoms with Gasteiger partial charge in [0.15, 0.2) is 0 Å². The monoisotopic (exact) mass is 269 g/mol. The van der Waals surface area contributed by atoms with E-state index < -0.39 is 0 Å². The molecular weight excluding hydrogens is 250 g/mol. The molecule has 0 spiro atoms. The summed E-state index contributed by atoms with van der Waals surface area (Å²) in [5, 5.41) is 1.19. The zero-order valence-electron chi connectivity index (χ0n) is 11.4. The van der Waals surface area contributed by atoms with Crippen LogP contribution in [0.15, 0.2) is 30.5 Å². The summed E-state index contributed by atoms with van der Waals surface area (Å²) in [7, 11) is 0. The predicted octanol–water partition coefficient (Wildman–Crippen LogP) is 2.32. The van der Waals surface area contributed by atoms with Crippen molar-refractivity contribution in [1.29, 1.82) is 0 Å². The van der Waals surface area contributed by atoms with Crippen LogP contribution in [-0.4, -0.2) is 27.9 Å². The summed E-state index contributed by atoms with van der Waals surface area (Å²) in [4.78, 5) is 17.7. The molecule has 1 aromatic heterocycles. The van der Waals surface area contributed by atoms with Gasteiger partial charge in [-0.1, -0.05) is 18.2 Å². The molecule has 0 radical (unpaired) electrons. The van der Waals surface area contributed by atoms with Crippen LogP contribution >= 0.6 is 0 Å². The average Bonchev–Trinajstić information content (AvgIpc) is 3.21. The molecule has 20 heavy (non-hydrogen) atoms. The van der Waals surface area contributed by atoms with E-state index >= 15 is 0 Å². The van der Waals surface area contributed by atoms with Crippen molar-refractivity contribution in [2.75, 3.05) is 0 Å². The summed E-state index contributed by atoms with van der Waals surface area (Å²) in [5.41, 5.74) is 8.66. The lowest BCUT2D eigenvalue weighted by molar-refractivity contribution is -0.138. The van der Waals surface area contributed by atoms with Crippen molar-refractivity contribution < 1.29 is 4.79 Å². The Hall–Kier alpha value is -1.81. The lowest BCUT2D eigenvalue weighted by atomic mass is 9.90. The number of carbonyl (C=O) groups is 1. The molecule has 2 atom stereocenters. The smallest absolute Gasteiger partial charge is 0.223 e. The predicted molar refractivity (Wildman–Crippen MR) is 78.1 cm³/mol. The fourth-order valence-corrected chi connectivity index (χ4v) is 3.44. The van der Waals surface area contributed by atoms with E-state index in [0.717, 1.165) is 24.8 Å². The second-order valence-corrected chi connectivity index (χ2v) is 5.97. The molecule has 1 amide bonds. The van der Waals surface area contributed by atoms with Crippen molar-refractivity contribution in [3.05, 3.63) is 36.0 Å². The number of benzene rings is 1. The molecule has 2 fully saturated rings. The summed E-state index contributed by atoms with van der Waals surface area (Å²) in [6, 6.07) is 8.71. The van der Waals surface area contributed by atoms with Crippen molar-refractivity contribution in [2.24, 2.45) is 5.73 Å². The van der Waals surface area contributed by atoms with Crippen LogP contribution < -0.4 is 5.73 Å². The van der Waals surface area contributed by atoms with Gasteiger partial charge in [-0.05, 0) is 25.3 Å². The normalized spacial score (nSPS) is 27.2. The summed E-state index contributed by atoms with van der Waals surface area (Å²) in [6.07, 6.45) is 5.65. The SMILES string of the molecule is NC1CCC(=O)N(C2CC2)C1c1c[nH]c2ccccc12. The molecule has 2 heterocycles. The Kier molecular flexibility index (Phi) is 2.60. The first-order valence-corrected chi connectivity index (χ1v) is 7.38. The maximum Gasteiger partial charge on any atom is 0.223 e. The third-order valence-corrected chi connectivity index (χ3v) is 4.56. The van der Waals surface area contributed by atoms with Gasteiger partial charge in [0.25, 0.3) is 0 Å². The van der Waals surface area contributed by atoms with Crippen LogP contribution in [0.3, 0.4) is 0 Å². The number of piperidine rings is 1. The maximum atomic E-state index is 12.3.